The zero-order chi connectivity index (χ0) is 19.1. The normalized spacial score (nSPS) is 11.7. The molecule has 3 N–H and O–H groups in total. The Bertz CT molecular complexity index is 887. The number of benzene rings is 2. The van der Waals surface area contributed by atoms with Crippen LogP contribution in [0.5, 0.6) is 0 Å². The molecule has 0 saturated heterocycles. The number of hydrogen-bond donors (Lipinski definition) is 2. The van der Waals surface area contributed by atoms with Crippen LogP contribution in [0.3, 0.4) is 0 Å². The van der Waals surface area contributed by atoms with Crippen LogP contribution >= 0.6 is 0 Å². The lowest BCUT2D eigenvalue weighted by molar-refractivity contribution is 0.287. The molecule has 27 heavy (non-hydrogen) atoms. The van der Waals surface area contributed by atoms with Crippen molar-refractivity contribution in [1.29, 1.82) is 0 Å². The summed E-state index contributed by atoms with van der Waals surface area (Å²) in [5, 5.41) is 3.15. The van der Waals surface area contributed by atoms with Gasteiger partial charge in [0.05, 0.1) is 19.4 Å². The van der Waals surface area contributed by atoms with Gasteiger partial charge in [-0.05, 0) is 54.9 Å². The molecule has 0 spiro atoms. The molecule has 0 saturated carbocycles. The average molecular weight is 362 g/mol. The molecule has 1 aromatic heterocycles. The highest BCUT2D eigenvalue weighted by Gasteiger charge is 2.07. The van der Waals surface area contributed by atoms with Crippen molar-refractivity contribution in [3.05, 3.63) is 89.4 Å². The van der Waals surface area contributed by atoms with E-state index in [4.69, 9.17) is 10.2 Å². The number of guanidine groups is 1. The Balaban J connectivity index is 1.63. The third kappa shape index (κ3) is 5.72. The van der Waals surface area contributed by atoms with E-state index in [1.165, 1.54) is 11.1 Å². The molecule has 2 aromatic carbocycles. The van der Waals surface area contributed by atoms with E-state index in [9.17, 15) is 0 Å². The molecular formula is C22H26N4O. The predicted octanol–water partition coefficient (Wildman–Crippen LogP) is 4.15. The van der Waals surface area contributed by atoms with E-state index in [1.807, 2.05) is 49.4 Å². The van der Waals surface area contributed by atoms with Gasteiger partial charge in [-0.15, -0.1) is 0 Å². The second-order valence-electron chi connectivity index (χ2n) is 6.72. The van der Waals surface area contributed by atoms with Gasteiger partial charge in [-0.1, -0.05) is 36.4 Å². The first-order valence-electron chi connectivity index (χ1n) is 9.01. The van der Waals surface area contributed by atoms with E-state index in [2.05, 4.69) is 40.5 Å². The molecule has 0 bridgehead atoms. The number of rotatable bonds is 7. The Morgan fingerprint density at radius 2 is 1.85 bits per heavy atom. The maximum Gasteiger partial charge on any atom is 0.193 e. The van der Waals surface area contributed by atoms with E-state index in [0.717, 1.165) is 30.1 Å². The smallest absolute Gasteiger partial charge is 0.193 e. The van der Waals surface area contributed by atoms with Gasteiger partial charge >= 0.3 is 0 Å². The summed E-state index contributed by atoms with van der Waals surface area (Å²) >= 11 is 0. The first-order valence-corrected chi connectivity index (χ1v) is 9.01. The number of furan rings is 1. The summed E-state index contributed by atoms with van der Waals surface area (Å²) in [6.45, 7) is 4.17. The number of nitrogens with two attached hydrogens (primary N) is 1. The molecule has 3 rings (SSSR count). The van der Waals surface area contributed by atoms with Crippen molar-refractivity contribution in [3.63, 3.8) is 0 Å². The summed E-state index contributed by atoms with van der Waals surface area (Å²) in [4.78, 5) is 6.73. The summed E-state index contributed by atoms with van der Waals surface area (Å²) in [6, 6.07) is 20.3. The van der Waals surface area contributed by atoms with Crippen molar-refractivity contribution < 1.29 is 4.42 Å². The fourth-order valence-corrected chi connectivity index (χ4v) is 2.96. The lowest BCUT2D eigenvalue weighted by Gasteiger charge is -2.17. The molecule has 0 atom stereocenters. The lowest BCUT2D eigenvalue weighted by Crippen LogP contribution is -2.23. The summed E-state index contributed by atoms with van der Waals surface area (Å²) < 4.78 is 5.43. The van der Waals surface area contributed by atoms with Gasteiger partial charge in [0.15, 0.2) is 5.96 Å². The van der Waals surface area contributed by atoms with Crippen molar-refractivity contribution in [3.8, 4) is 0 Å². The van der Waals surface area contributed by atoms with Crippen LogP contribution in [0.25, 0.3) is 0 Å². The molecule has 0 aliphatic carbocycles. The Kier molecular flexibility index (Phi) is 6.28. The first-order chi connectivity index (χ1) is 13.1. The zero-order valence-corrected chi connectivity index (χ0v) is 15.9. The van der Waals surface area contributed by atoms with E-state index in [-0.39, 0.29) is 0 Å². The molecule has 5 nitrogen and oxygen atoms in total. The van der Waals surface area contributed by atoms with E-state index in [0.29, 0.717) is 12.5 Å². The van der Waals surface area contributed by atoms with Gasteiger partial charge < -0.3 is 15.5 Å². The summed E-state index contributed by atoms with van der Waals surface area (Å²) in [7, 11) is 2.08. The van der Waals surface area contributed by atoms with Crippen molar-refractivity contribution in [2.24, 2.45) is 10.7 Å². The molecule has 0 amide bonds. The van der Waals surface area contributed by atoms with Crippen LogP contribution in [0, 0.1) is 6.92 Å². The van der Waals surface area contributed by atoms with E-state index in [1.54, 1.807) is 6.26 Å². The Morgan fingerprint density at radius 1 is 1.04 bits per heavy atom. The number of anilines is 1. The highest BCUT2D eigenvalue weighted by atomic mass is 16.3. The van der Waals surface area contributed by atoms with Gasteiger partial charge in [-0.25, -0.2) is 4.99 Å². The third-order valence-corrected chi connectivity index (χ3v) is 4.27. The fourth-order valence-electron chi connectivity index (χ4n) is 2.96. The number of hydrogen-bond acceptors (Lipinski definition) is 3. The number of nitrogens with one attached hydrogen (secondary N) is 1. The summed E-state index contributed by atoms with van der Waals surface area (Å²) in [6.07, 6.45) is 1.70. The maximum absolute atomic E-state index is 6.06. The SMILES string of the molecule is Cc1cccc(NC(N)=NCc2ccccc2CN(C)Cc2ccco2)c1. The van der Waals surface area contributed by atoms with Gasteiger partial charge in [0.1, 0.15) is 5.76 Å². The first kappa shape index (κ1) is 18.7. The zero-order valence-electron chi connectivity index (χ0n) is 15.9. The molecule has 5 heteroatoms. The monoisotopic (exact) mass is 362 g/mol. The maximum atomic E-state index is 6.06. The summed E-state index contributed by atoms with van der Waals surface area (Å²) in [5.74, 6) is 1.37. The highest BCUT2D eigenvalue weighted by molar-refractivity contribution is 5.92. The fraction of sp³-hybridized carbons (Fsp3) is 0.227. The van der Waals surface area contributed by atoms with Crippen LogP contribution in [-0.2, 0) is 19.6 Å². The van der Waals surface area contributed by atoms with Crippen LogP contribution in [0.2, 0.25) is 0 Å². The molecule has 140 valence electrons. The molecule has 0 aliphatic rings. The van der Waals surface area contributed by atoms with Gasteiger partial charge in [-0.3, -0.25) is 4.90 Å². The topological polar surface area (TPSA) is 66.8 Å². The average Bonchev–Trinajstić information content (AvgIpc) is 3.14. The molecule has 0 unspecified atom stereocenters. The number of aryl methyl sites for hydroxylation is 1. The molecule has 0 aliphatic heterocycles. The molecule has 0 fully saturated rings. The minimum absolute atomic E-state index is 0.416. The standard InChI is InChI=1S/C22H26N4O/c1-17-7-5-10-20(13-17)25-22(23)24-14-18-8-3-4-9-19(18)15-26(2)16-21-11-6-12-27-21/h3-13H,14-16H2,1-2H3,(H3,23,24,25). The predicted molar refractivity (Wildman–Crippen MR) is 110 cm³/mol. The van der Waals surface area contributed by atoms with Crippen LogP contribution in [-0.4, -0.2) is 17.9 Å². The van der Waals surface area contributed by atoms with Gasteiger partial charge in [0.2, 0.25) is 0 Å². The van der Waals surface area contributed by atoms with Crippen molar-refractivity contribution in [2.75, 3.05) is 12.4 Å². The largest absolute Gasteiger partial charge is 0.468 e. The lowest BCUT2D eigenvalue weighted by atomic mass is 10.1. The highest BCUT2D eigenvalue weighted by Crippen LogP contribution is 2.15. The number of aliphatic imine (C=N–C) groups is 1. The van der Waals surface area contributed by atoms with E-state index < -0.39 is 0 Å². The molecule has 0 radical (unpaired) electrons. The molecule has 3 aromatic rings. The summed E-state index contributed by atoms with van der Waals surface area (Å²) in [5.41, 5.74) is 10.6. The molecular weight excluding hydrogens is 336 g/mol. The second kappa shape index (κ2) is 9.05. The van der Waals surface area contributed by atoms with Crippen molar-refractivity contribution >= 4 is 11.6 Å². The van der Waals surface area contributed by atoms with E-state index >= 15 is 0 Å². The van der Waals surface area contributed by atoms with Crippen molar-refractivity contribution in [2.45, 2.75) is 26.6 Å². The molecule has 1 heterocycles. The van der Waals surface area contributed by atoms with Gasteiger partial charge in [0, 0.05) is 12.2 Å². The van der Waals surface area contributed by atoms with Crippen molar-refractivity contribution in [1.82, 2.24) is 4.90 Å². The van der Waals surface area contributed by atoms with Gasteiger partial charge in [0.25, 0.3) is 0 Å². The minimum atomic E-state index is 0.416. The third-order valence-electron chi connectivity index (χ3n) is 4.27. The Labute approximate surface area is 160 Å². The number of nitrogens with zero attached hydrogens (tertiary/aromatic N) is 2. The quantitative estimate of drug-likeness (QED) is 0.489. The minimum Gasteiger partial charge on any atom is -0.468 e. The van der Waals surface area contributed by atoms with Crippen LogP contribution in [0.1, 0.15) is 22.5 Å². The second-order valence-corrected chi connectivity index (χ2v) is 6.72. The van der Waals surface area contributed by atoms with Crippen LogP contribution < -0.4 is 11.1 Å². The Hall–Kier alpha value is -3.05. The Morgan fingerprint density at radius 3 is 2.59 bits per heavy atom. The van der Waals surface area contributed by atoms with Gasteiger partial charge in [-0.2, -0.15) is 0 Å². The van der Waals surface area contributed by atoms with Crippen LogP contribution in [0.15, 0.2) is 76.3 Å². The van der Waals surface area contributed by atoms with Crippen LogP contribution in [0.4, 0.5) is 5.69 Å².